The minimum absolute atomic E-state index is 0.0674. The first-order chi connectivity index (χ1) is 11.4. The van der Waals surface area contributed by atoms with E-state index < -0.39 is 9.84 Å². The SMILES string of the molecule is CCN(C(=O)c1cccc(-c2nc(C)cs2)c1)C1CCS(=O)(=O)C1. The number of aryl methyl sites for hydroxylation is 1. The van der Waals surface area contributed by atoms with Gasteiger partial charge < -0.3 is 4.90 Å². The molecule has 1 aromatic carbocycles. The highest BCUT2D eigenvalue weighted by molar-refractivity contribution is 7.91. The number of nitrogens with zero attached hydrogens (tertiary/aromatic N) is 2. The van der Waals surface area contributed by atoms with Crippen LogP contribution in [0.2, 0.25) is 0 Å². The summed E-state index contributed by atoms with van der Waals surface area (Å²) in [5.41, 5.74) is 2.44. The van der Waals surface area contributed by atoms with E-state index in [0.29, 0.717) is 18.5 Å². The van der Waals surface area contributed by atoms with Crippen molar-refractivity contribution in [1.29, 1.82) is 0 Å². The molecule has 1 atom stereocenters. The van der Waals surface area contributed by atoms with Crippen LogP contribution in [0.4, 0.5) is 0 Å². The molecule has 1 aromatic heterocycles. The lowest BCUT2D eigenvalue weighted by Crippen LogP contribution is -2.40. The van der Waals surface area contributed by atoms with Gasteiger partial charge in [-0.25, -0.2) is 13.4 Å². The lowest BCUT2D eigenvalue weighted by Gasteiger charge is -2.27. The van der Waals surface area contributed by atoms with E-state index in [4.69, 9.17) is 0 Å². The fraction of sp³-hybridized carbons (Fsp3) is 0.412. The molecule has 2 heterocycles. The summed E-state index contributed by atoms with van der Waals surface area (Å²) >= 11 is 1.55. The van der Waals surface area contributed by atoms with Crippen molar-refractivity contribution >= 4 is 27.1 Å². The molecule has 1 aliphatic rings. The minimum atomic E-state index is -3.02. The molecule has 0 N–H and O–H groups in total. The van der Waals surface area contributed by atoms with Crippen LogP contribution in [-0.2, 0) is 9.84 Å². The number of amides is 1. The molecule has 0 spiro atoms. The van der Waals surface area contributed by atoms with Gasteiger partial charge in [0.1, 0.15) is 5.01 Å². The molecular weight excluding hydrogens is 344 g/mol. The number of rotatable bonds is 4. The summed E-state index contributed by atoms with van der Waals surface area (Å²) in [6.07, 6.45) is 0.521. The minimum Gasteiger partial charge on any atom is -0.335 e. The van der Waals surface area contributed by atoms with Gasteiger partial charge in [0.2, 0.25) is 0 Å². The van der Waals surface area contributed by atoms with Gasteiger partial charge in [-0.1, -0.05) is 12.1 Å². The van der Waals surface area contributed by atoms with Crippen molar-refractivity contribution in [3.63, 3.8) is 0 Å². The molecule has 7 heteroatoms. The maximum Gasteiger partial charge on any atom is 0.254 e. The van der Waals surface area contributed by atoms with E-state index in [-0.39, 0.29) is 23.5 Å². The number of carbonyl (C=O) groups excluding carboxylic acids is 1. The summed E-state index contributed by atoms with van der Waals surface area (Å²) in [5.74, 6) is 0.118. The average molecular weight is 364 g/mol. The van der Waals surface area contributed by atoms with Gasteiger partial charge in [0.25, 0.3) is 5.91 Å². The molecule has 3 rings (SSSR count). The quantitative estimate of drug-likeness (QED) is 0.837. The Labute approximate surface area is 146 Å². The van der Waals surface area contributed by atoms with Gasteiger partial charge in [0.15, 0.2) is 9.84 Å². The zero-order valence-corrected chi connectivity index (χ0v) is 15.4. The average Bonchev–Trinajstić information content (AvgIpc) is 3.14. The van der Waals surface area contributed by atoms with Gasteiger partial charge in [-0.2, -0.15) is 0 Å². The largest absolute Gasteiger partial charge is 0.335 e. The summed E-state index contributed by atoms with van der Waals surface area (Å²) < 4.78 is 23.4. The van der Waals surface area contributed by atoms with Crippen LogP contribution in [0.5, 0.6) is 0 Å². The Bertz CT molecular complexity index is 858. The normalized spacial score (nSPS) is 19.3. The van der Waals surface area contributed by atoms with Crippen molar-refractivity contribution < 1.29 is 13.2 Å². The van der Waals surface area contributed by atoms with Crippen LogP contribution < -0.4 is 0 Å². The Balaban J connectivity index is 1.86. The third-order valence-electron chi connectivity index (χ3n) is 4.23. The number of thiazole rings is 1. The van der Waals surface area contributed by atoms with Crippen LogP contribution in [0.25, 0.3) is 10.6 Å². The maximum absolute atomic E-state index is 12.9. The van der Waals surface area contributed by atoms with Gasteiger partial charge in [0, 0.05) is 34.8 Å². The standard InChI is InChI=1S/C17H20N2O3S2/c1-3-19(15-7-8-24(21,22)11-15)17(20)14-6-4-5-13(9-14)16-18-12(2)10-23-16/h4-6,9-10,15H,3,7-8,11H2,1-2H3. The lowest BCUT2D eigenvalue weighted by molar-refractivity contribution is 0.0708. The van der Waals surface area contributed by atoms with Crippen LogP contribution >= 0.6 is 11.3 Å². The van der Waals surface area contributed by atoms with Crippen molar-refractivity contribution in [3.8, 4) is 10.6 Å². The molecule has 0 bridgehead atoms. The number of hydrogen-bond donors (Lipinski definition) is 0. The zero-order chi connectivity index (χ0) is 17.3. The molecule has 128 valence electrons. The fourth-order valence-electron chi connectivity index (χ4n) is 3.03. The van der Waals surface area contributed by atoms with E-state index in [1.807, 2.05) is 37.4 Å². The Morgan fingerprint density at radius 1 is 1.42 bits per heavy atom. The van der Waals surface area contributed by atoms with Crippen molar-refractivity contribution in [3.05, 3.63) is 40.9 Å². The Hall–Kier alpha value is -1.73. The maximum atomic E-state index is 12.9. The molecule has 1 fully saturated rings. The number of sulfone groups is 1. The van der Waals surface area contributed by atoms with E-state index in [1.54, 1.807) is 22.3 Å². The Morgan fingerprint density at radius 2 is 2.21 bits per heavy atom. The smallest absolute Gasteiger partial charge is 0.254 e. The summed E-state index contributed by atoms with van der Waals surface area (Å²) in [7, 11) is -3.02. The third-order valence-corrected chi connectivity index (χ3v) is 6.99. The predicted molar refractivity (Wildman–Crippen MR) is 96.1 cm³/mol. The molecule has 2 aromatic rings. The van der Waals surface area contributed by atoms with Crippen LogP contribution in [0.1, 0.15) is 29.4 Å². The number of carbonyl (C=O) groups is 1. The molecule has 24 heavy (non-hydrogen) atoms. The molecule has 1 saturated heterocycles. The second-order valence-electron chi connectivity index (χ2n) is 6.02. The van der Waals surface area contributed by atoms with E-state index in [0.717, 1.165) is 16.3 Å². The van der Waals surface area contributed by atoms with Crippen LogP contribution in [0.15, 0.2) is 29.6 Å². The highest BCUT2D eigenvalue weighted by Crippen LogP contribution is 2.26. The predicted octanol–water partition coefficient (Wildman–Crippen LogP) is 2.77. The highest BCUT2D eigenvalue weighted by Gasteiger charge is 2.34. The molecule has 5 nitrogen and oxygen atoms in total. The second kappa shape index (κ2) is 6.64. The Kier molecular flexibility index (Phi) is 4.73. The van der Waals surface area contributed by atoms with E-state index in [1.165, 1.54) is 0 Å². The van der Waals surface area contributed by atoms with Gasteiger partial charge >= 0.3 is 0 Å². The molecular formula is C17H20N2O3S2. The van der Waals surface area contributed by atoms with Gasteiger partial charge in [-0.05, 0) is 32.4 Å². The molecule has 1 aliphatic heterocycles. The molecule has 1 amide bonds. The summed E-state index contributed by atoms with van der Waals surface area (Å²) in [4.78, 5) is 19.0. The van der Waals surface area contributed by atoms with Crippen LogP contribution in [0, 0.1) is 6.92 Å². The fourth-order valence-corrected chi connectivity index (χ4v) is 5.55. The topological polar surface area (TPSA) is 67.3 Å². The van der Waals surface area contributed by atoms with E-state index >= 15 is 0 Å². The number of aromatic nitrogens is 1. The molecule has 0 radical (unpaired) electrons. The first kappa shape index (κ1) is 17.1. The molecule has 0 saturated carbocycles. The highest BCUT2D eigenvalue weighted by atomic mass is 32.2. The molecule has 0 aliphatic carbocycles. The first-order valence-electron chi connectivity index (χ1n) is 7.93. The third kappa shape index (κ3) is 3.52. The summed E-state index contributed by atoms with van der Waals surface area (Å²) in [6, 6.07) is 7.17. The van der Waals surface area contributed by atoms with E-state index in [9.17, 15) is 13.2 Å². The van der Waals surface area contributed by atoms with E-state index in [2.05, 4.69) is 4.98 Å². The summed E-state index contributed by atoms with van der Waals surface area (Å²) in [5, 5.41) is 2.86. The monoisotopic (exact) mass is 364 g/mol. The number of hydrogen-bond acceptors (Lipinski definition) is 5. The Morgan fingerprint density at radius 3 is 2.79 bits per heavy atom. The van der Waals surface area contributed by atoms with Crippen LogP contribution in [0.3, 0.4) is 0 Å². The lowest BCUT2D eigenvalue weighted by atomic mass is 10.1. The van der Waals surface area contributed by atoms with Crippen molar-refractivity contribution in [2.24, 2.45) is 0 Å². The van der Waals surface area contributed by atoms with Gasteiger partial charge in [-0.3, -0.25) is 4.79 Å². The number of benzene rings is 1. The van der Waals surface area contributed by atoms with Crippen molar-refractivity contribution in [2.75, 3.05) is 18.1 Å². The van der Waals surface area contributed by atoms with Crippen molar-refractivity contribution in [1.82, 2.24) is 9.88 Å². The molecule has 1 unspecified atom stereocenters. The van der Waals surface area contributed by atoms with Gasteiger partial charge in [-0.15, -0.1) is 11.3 Å². The van der Waals surface area contributed by atoms with Crippen LogP contribution in [-0.4, -0.2) is 48.3 Å². The zero-order valence-electron chi connectivity index (χ0n) is 13.7. The first-order valence-corrected chi connectivity index (χ1v) is 10.6. The van der Waals surface area contributed by atoms with Gasteiger partial charge in [0.05, 0.1) is 11.5 Å². The second-order valence-corrected chi connectivity index (χ2v) is 9.11. The van der Waals surface area contributed by atoms with Crippen molar-refractivity contribution in [2.45, 2.75) is 26.3 Å². The summed E-state index contributed by atoms with van der Waals surface area (Å²) in [6.45, 7) is 4.32.